The Labute approximate surface area is 90.3 Å². The maximum absolute atomic E-state index is 12.5. The van der Waals surface area contributed by atoms with E-state index in [0.29, 0.717) is 11.5 Å². The highest BCUT2D eigenvalue weighted by Crippen LogP contribution is 2.17. The van der Waals surface area contributed by atoms with E-state index >= 15 is 0 Å². The van der Waals surface area contributed by atoms with Crippen LogP contribution in [0.25, 0.3) is 11.9 Å². The van der Waals surface area contributed by atoms with Gasteiger partial charge in [-0.05, 0) is 12.1 Å². The van der Waals surface area contributed by atoms with Crippen LogP contribution in [0.4, 0.5) is 8.78 Å². The number of rotatable bonds is 3. The van der Waals surface area contributed by atoms with E-state index in [9.17, 15) is 8.78 Å². The van der Waals surface area contributed by atoms with Crippen molar-refractivity contribution in [3.63, 3.8) is 0 Å². The molecule has 2 aromatic rings. The van der Waals surface area contributed by atoms with Crippen LogP contribution in [0.15, 0.2) is 31.1 Å². The molecule has 0 aromatic carbocycles. The van der Waals surface area contributed by atoms with Gasteiger partial charge in [-0.15, -0.1) is 0 Å². The Balaban J connectivity index is 2.53. The quantitative estimate of drug-likeness (QED) is 0.799. The number of aromatic nitrogens is 4. The van der Waals surface area contributed by atoms with Crippen LogP contribution < -0.4 is 0 Å². The standard InChI is InChI=1S/C10H8F2N4/c1-2-7-6-8(16-5-3-4-13-16)15-10(14-7)9(11)12/h2-6,9H,1H2. The molecule has 0 saturated carbocycles. The zero-order valence-electron chi connectivity index (χ0n) is 8.22. The topological polar surface area (TPSA) is 43.6 Å². The first kappa shape index (κ1) is 10.4. The van der Waals surface area contributed by atoms with E-state index in [0.717, 1.165) is 0 Å². The van der Waals surface area contributed by atoms with Crippen molar-refractivity contribution in [2.45, 2.75) is 6.43 Å². The summed E-state index contributed by atoms with van der Waals surface area (Å²) in [5.74, 6) is -0.229. The molecule has 0 fully saturated rings. The fraction of sp³-hybridized carbons (Fsp3) is 0.100. The van der Waals surface area contributed by atoms with Gasteiger partial charge in [0.05, 0.1) is 5.69 Å². The summed E-state index contributed by atoms with van der Waals surface area (Å²) in [6.07, 6.45) is 1.83. The highest BCUT2D eigenvalue weighted by atomic mass is 19.3. The number of nitrogens with zero attached hydrogens (tertiary/aromatic N) is 4. The minimum Gasteiger partial charge on any atom is -0.228 e. The van der Waals surface area contributed by atoms with Gasteiger partial charge >= 0.3 is 0 Å². The zero-order chi connectivity index (χ0) is 11.5. The van der Waals surface area contributed by atoms with Crippen LogP contribution >= 0.6 is 0 Å². The first-order valence-electron chi connectivity index (χ1n) is 4.50. The molecule has 16 heavy (non-hydrogen) atoms. The van der Waals surface area contributed by atoms with E-state index in [1.54, 1.807) is 12.3 Å². The summed E-state index contributed by atoms with van der Waals surface area (Å²) in [6, 6.07) is 3.21. The van der Waals surface area contributed by atoms with Crippen molar-refractivity contribution < 1.29 is 8.78 Å². The average Bonchev–Trinajstić information content (AvgIpc) is 2.81. The van der Waals surface area contributed by atoms with Crippen molar-refractivity contribution in [3.05, 3.63) is 42.6 Å². The third-order valence-corrected chi connectivity index (χ3v) is 1.89. The molecule has 0 aliphatic heterocycles. The van der Waals surface area contributed by atoms with Crippen LogP contribution in [0.3, 0.4) is 0 Å². The Hall–Kier alpha value is -2.11. The Morgan fingerprint density at radius 2 is 2.19 bits per heavy atom. The van der Waals surface area contributed by atoms with Crippen molar-refractivity contribution in [1.82, 2.24) is 19.7 Å². The molecule has 0 bridgehead atoms. The van der Waals surface area contributed by atoms with E-state index in [1.165, 1.54) is 23.0 Å². The monoisotopic (exact) mass is 222 g/mol. The first-order valence-corrected chi connectivity index (χ1v) is 4.50. The maximum atomic E-state index is 12.5. The lowest BCUT2D eigenvalue weighted by Gasteiger charge is -2.05. The van der Waals surface area contributed by atoms with Gasteiger partial charge in [0.15, 0.2) is 11.6 Å². The summed E-state index contributed by atoms with van der Waals surface area (Å²) in [6.45, 7) is 3.49. The molecular weight excluding hydrogens is 214 g/mol. The normalized spacial score (nSPS) is 10.7. The number of halogens is 2. The second-order valence-corrected chi connectivity index (χ2v) is 2.96. The maximum Gasteiger partial charge on any atom is 0.297 e. The molecule has 0 unspecified atom stereocenters. The Kier molecular flexibility index (Phi) is 2.72. The zero-order valence-corrected chi connectivity index (χ0v) is 8.22. The Morgan fingerprint density at radius 1 is 1.38 bits per heavy atom. The van der Waals surface area contributed by atoms with Crippen LogP contribution in [0.1, 0.15) is 17.9 Å². The number of alkyl halides is 2. The highest BCUT2D eigenvalue weighted by Gasteiger charge is 2.13. The predicted molar refractivity (Wildman–Crippen MR) is 54.2 cm³/mol. The molecular formula is C10H8F2N4. The summed E-state index contributed by atoms with van der Waals surface area (Å²) in [5, 5.41) is 3.91. The Bertz CT molecular complexity index is 494. The second kappa shape index (κ2) is 4.18. The lowest BCUT2D eigenvalue weighted by atomic mass is 10.3. The van der Waals surface area contributed by atoms with Gasteiger partial charge in [-0.25, -0.2) is 23.4 Å². The van der Waals surface area contributed by atoms with Gasteiger partial charge in [0, 0.05) is 18.5 Å². The molecule has 2 aromatic heterocycles. The summed E-state index contributed by atoms with van der Waals surface area (Å²) < 4.78 is 26.4. The average molecular weight is 222 g/mol. The van der Waals surface area contributed by atoms with E-state index in [2.05, 4.69) is 21.6 Å². The molecule has 4 nitrogen and oxygen atoms in total. The number of hydrogen-bond donors (Lipinski definition) is 0. The SMILES string of the molecule is C=Cc1cc(-n2cccn2)nc(C(F)F)n1. The van der Waals surface area contributed by atoms with E-state index in [4.69, 9.17) is 0 Å². The van der Waals surface area contributed by atoms with Crippen LogP contribution in [-0.4, -0.2) is 19.7 Å². The van der Waals surface area contributed by atoms with Crippen molar-refractivity contribution in [1.29, 1.82) is 0 Å². The van der Waals surface area contributed by atoms with Crippen molar-refractivity contribution in [3.8, 4) is 5.82 Å². The third kappa shape index (κ3) is 1.95. The van der Waals surface area contributed by atoms with Crippen molar-refractivity contribution in [2.24, 2.45) is 0 Å². The molecule has 0 amide bonds. The molecule has 0 N–H and O–H groups in total. The molecule has 0 aliphatic carbocycles. The summed E-state index contributed by atoms with van der Waals surface area (Å²) in [7, 11) is 0. The number of hydrogen-bond acceptors (Lipinski definition) is 3. The predicted octanol–water partition coefficient (Wildman–Crippen LogP) is 2.24. The van der Waals surface area contributed by atoms with E-state index in [-0.39, 0.29) is 0 Å². The van der Waals surface area contributed by atoms with Crippen molar-refractivity contribution >= 4 is 6.08 Å². The van der Waals surface area contributed by atoms with Crippen LogP contribution in [-0.2, 0) is 0 Å². The smallest absolute Gasteiger partial charge is 0.228 e. The van der Waals surface area contributed by atoms with Gasteiger partial charge in [-0.1, -0.05) is 6.58 Å². The van der Waals surface area contributed by atoms with Gasteiger partial charge in [-0.3, -0.25) is 0 Å². The first-order chi connectivity index (χ1) is 7.70. The molecule has 0 atom stereocenters. The van der Waals surface area contributed by atoms with E-state index < -0.39 is 12.2 Å². The van der Waals surface area contributed by atoms with Gasteiger partial charge in [-0.2, -0.15) is 5.10 Å². The van der Waals surface area contributed by atoms with Gasteiger partial charge in [0.2, 0.25) is 0 Å². The third-order valence-electron chi connectivity index (χ3n) is 1.89. The molecule has 2 rings (SSSR count). The second-order valence-electron chi connectivity index (χ2n) is 2.96. The highest BCUT2D eigenvalue weighted by molar-refractivity contribution is 5.44. The lowest BCUT2D eigenvalue weighted by Crippen LogP contribution is -2.05. The van der Waals surface area contributed by atoms with Crippen molar-refractivity contribution in [2.75, 3.05) is 0 Å². The Morgan fingerprint density at radius 3 is 2.75 bits per heavy atom. The minimum atomic E-state index is -2.71. The molecule has 2 heterocycles. The minimum absolute atomic E-state index is 0.296. The van der Waals surface area contributed by atoms with Crippen LogP contribution in [0.2, 0.25) is 0 Å². The largest absolute Gasteiger partial charge is 0.297 e. The molecule has 0 spiro atoms. The molecule has 0 aliphatic rings. The fourth-order valence-corrected chi connectivity index (χ4v) is 1.20. The van der Waals surface area contributed by atoms with Gasteiger partial charge in [0.1, 0.15) is 0 Å². The van der Waals surface area contributed by atoms with Gasteiger partial charge in [0.25, 0.3) is 6.43 Å². The molecule has 0 saturated heterocycles. The van der Waals surface area contributed by atoms with E-state index in [1.807, 2.05) is 0 Å². The molecule has 82 valence electrons. The molecule has 6 heteroatoms. The van der Waals surface area contributed by atoms with Crippen LogP contribution in [0.5, 0.6) is 0 Å². The fourth-order valence-electron chi connectivity index (χ4n) is 1.20. The molecule has 0 radical (unpaired) electrons. The lowest BCUT2D eigenvalue weighted by molar-refractivity contribution is 0.140. The van der Waals surface area contributed by atoms with Crippen LogP contribution in [0, 0.1) is 0 Å². The van der Waals surface area contributed by atoms with Gasteiger partial charge < -0.3 is 0 Å². The summed E-state index contributed by atoms with van der Waals surface area (Å²) >= 11 is 0. The summed E-state index contributed by atoms with van der Waals surface area (Å²) in [4.78, 5) is 7.36. The summed E-state index contributed by atoms with van der Waals surface area (Å²) in [5.41, 5.74) is 0.343.